The Kier molecular flexibility index (Phi) is 12.2. The number of benzene rings is 1. The Morgan fingerprint density at radius 3 is 2.40 bits per heavy atom. The molecular formula is C29H38Cl3FN2O4Si. The summed E-state index contributed by atoms with van der Waals surface area (Å²) in [6, 6.07) is 5.80. The van der Waals surface area contributed by atoms with Crippen molar-refractivity contribution in [1.82, 2.24) is 10.3 Å². The van der Waals surface area contributed by atoms with Crippen LogP contribution < -0.4 is 5.32 Å². The predicted molar refractivity (Wildman–Crippen MR) is 162 cm³/mol. The third-order valence-corrected chi connectivity index (χ3v) is 12.6. The molecule has 6 nitrogen and oxygen atoms in total. The van der Waals surface area contributed by atoms with Crippen LogP contribution in [-0.4, -0.2) is 44.3 Å². The molecule has 0 amide bonds. The maximum absolute atomic E-state index is 14.5. The molecule has 1 heterocycles. The van der Waals surface area contributed by atoms with Crippen LogP contribution in [0.4, 0.5) is 4.39 Å². The monoisotopic (exact) mass is 630 g/mol. The minimum absolute atomic E-state index is 0.000476. The third kappa shape index (κ3) is 8.76. The van der Waals surface area contributed by atoms with Gasteiger partial charge in [0, 0.05) is 29.9 Å². The second-order valence-corrected chi connectivity index (χ2v) is 17.3. The van der Waals surface area contributed by atoms with Crippen LogP contribution in [0, 0.1) is 11.7 Å². The number of nitrogens with one attached hydrogen (secondary N) is 1. The van der Waals surface area contributed by atoms with Gasteiger partial charge in [-0.25, -0.2) is 14.2 Å². The minimum Gasteiger partial charge on any atom is -0.462 e. The second-order valence-electron chi connectivity index (χ2n) is 11.4. The number of ketones is 1. The van der Waals surface area contributed by atoms with Crippen LogP contribution >= 0.6 is 34.8 Å². The van der Waals surface area contributed by atoms with Gasteiger partial charge in [0.2, 0.25) is 5.78 Å². The van der Waals surface area contributed by atoms with Crippen LogP contribution in [0.15, 0.2) is 36.0 Å². The molecule has 0 aliphatic rings. The number of pyridine rings is 1. The van der Waals surface area contributed by atoms with Crippen LogP contribution in [0.1, 0.15) is 63.2 Å². The minimum atomic E-state index is -2.03. The number of Topliss-reactive ketones (excluding diaryl/α,β-unsaturated/α-hetero) is 1. The number of halogens is 4. The summed E-state index contributed by atoms with van der Waals surface area (Å²) in [6.07, 6.45) is 1.35. The first-order chi connectivity index (χ1) is 18.5. The van der Waals surface area contributed by atoms with Gasteiger partial charge < -0.3 is 14.5 Å². The van der Waals surface area contributed by atoms with Crippen molar-refractivity contribution in [2.75, 3.05) is 13.2 Å². The number of ether oxygens (including phenoxy) is 1. The molecule has 0 fully saturated rings. The average molecular weight is 632 g/mol. The quantitative estimate of drug-likeness (QED) is 0.0486. The van der Waals surface area contributed by atoms with E-state index in [1.807, 2.05) is 13.8 Å². The molecule has 0 saturated carbocycles. The molecule has 0 saturated heterocycles. The molecule has 0 aliphatic heterocycles. The first-order valence-electron chi connectivity index (χ1n) is 13.1. The molecule has 1 atom stereocenters. The summed E-state index contributed by atoms with van der Waals surface area (Å²) in [7, 11) is -2.03. The number of carbonyl (C=O) groups is 2. The zero-order chi connectivity index (χ0) is 30.4. The summed E-state index contributed by atoms with van der Waals surface area (Å²) in [6.45, 7) is 17.0. The lowest BCUT2D eigenvalue weighted by Crippen LogP contribution is -2.46. The van der Waals surface area contributed by atoms with Crippen LogP contribution in [0.25, 0.3) is 0 Å². The number of rotatable bonds is 12. The molecule has 0 aliphatic carbocycles. The maximum Gasteiger partial charge on any atom is 0.343 e. The van der Waals surface area contributed by atoms with Crippen molar-refractivity contribution in [3.8, 4) is 0 Å². The van der Waals surface area contributed by atoms with Crippen molar-refractivity contribution >= 4 is 54.9 Å². The lowest BCUT2D eigenvalue weighted by atomic mass is 10.0. The van der Waals surface area contributed by atoms with Gasteiger partial charge in [0.25, 0.3) is 0 Å². The highest BCUT2D eigenvalue weighted by molar-refractivity contribution is 6.74. The molecule has 11 heteroatoms. The van der Waals surface area contributed by atoms with Crippen LogP contribution in [-0.2, 0) is 20.4 Å². The van der Waals surface area contributed by atoms with Gasteiger partial charge >= 0.3 is 5.97 Å². The summed E-state index contributed by atoms with van der Waals surface area (Å²) >= 11 is 18.5. The standard InChI is InChI=1S/C29H38Cl3FN2O4Si/c1-9-38-28(37)21(15-34-23(17(2)3)16-39-40(7,8)29(4,5)6)26(36)20-14-19(35-27(32)24(20)31)13-18-11-10-12-22(30)25(18)33/h10-12,14-15,17,23,34H,9,13,16H2,1-8H3/b21-15+/t23-/m1/s1. The Labute approximate surface area is 252 Å². The molecule has 0 spiro atoms. The summed E-state index contributed by atoms with van der Waals surface area (Å²) in [5, 5.41) is 2.91. The van der Waals surface area contributed by atoms with Crippen molar-refractivity contribution < 1.29 is 23.1 Å². The van der Waals surface area contributed by atoms with E-state index >= 15 is 0 Å². The van der Waals surface area contributed by atoms with Gasteiger partial charge in [-0.15, -0.1) is 0 Å². The SMILES string of the molecule is CCOC(=O)/C(=C/N[C@H](CO[Si](C)(C)C(C)(C)C)C(C)C)C(=O)c1cc(Cc2cccc(Cl)c2F)nc(Cl)c1Cl. The van der Waals surface area contributed by atoms with Gasteiger partial charge in [-0.2, -0.15) is 0 Å². The molecule has 40 heavy (non-hydrogen) atoms. The fourth-order valence-electron chi connectivity index (χ4n) is 3.39. The van der Waals surface area contributed by atoms with Crippen molar-refractivity contribution in [3.63, 3.8) is 0 Å². The summed E-state index contributed by atoms with van der Waals surface area (Å²) < 4.78 is 26.1. The van der Waals surface area contributed by atoms with Gasteiger partial charge in [-0.3, -0.25) is 4.79 Å². The Morgan fingerprint density at radius 2 is 1.82 bits per heavy atom. The molecule has 220 valence electrons. The first-order valence-corrected chi connectivity index (χ1v) is 17.1. The van der Waals surface area contributed by atoms with Crippen molar-refractivity contribution in [1.29, 1.82) is 0 Å². The number of esters is 1. The van der Waals surface area contributed by atoms with Crippen molar-refractivity contribution in [3.05, 3.63) is 73.9 Å². The largest absolute Gasteiger partial charge is 0.462 e. The van der Waals surface area contributed by atoms with Crippen LogP contribution in [0.2, 0.25) is 33.3 Å². The lowest BCUT2D eigenvalue weighted by molar-refractivity contribution is -0.138. The fraction of sp³-hybridized carbons (Fsp3) is 0.483. The second kappa shape index (κ2) is 14.3. The van der Waals surface area contributed by atoms with Crippen LogP contribution in [0.5, 0.6) is 0 Å². The summed E-state index contributed by atoms with van der Waals surface area (Å²) in [5.74, 6) is -2.00. The predicted octanol–water partition coefficient (Wildman–Crippen LogP) is 8.04. The highest BCUT2D eigenvalue weighted by Gasteiger charge is 2.38. The number of hydrogen-bond donors (Lipinski definition) is 1. The van der Waals surface area contributed by atoms with Gasteiger partial charge in [-0.1, -0.05) is 81.6 Å². The molecule has 0 radical (unpaired) electrons. The van der Waals surface area contributed by atoms with Gasteiger partial charge in [-0.05, 0) is 48.7 Å². The van der Waals surface area contributed by atoms with Gasteiger partial charge in [0.1, 0.15) is 16.5 Å². The molecule has 2 aromatic rings. The Balaban J connectivity index is 2.44. The van der Waals surface area contributed by atoms with E-state index in [2.05, 4.69) is 44.2 Å². The van der Waals surface area contributed by atoms with E-state index in [1.54, 1.807) is 19.1 Å². The van der Waals surface area contributed by atoms with Gasteiger partial charge in [0.15, 0.2) is 8.32 Å². The van der Waals surface area contributed by atoms with E-state index in [1.165, 1.54) is 18.3 Å². The molecule has 0 unspecified atom stereocenters. The molecule has 1 aromatic heterocycles. The fourth-order valence-corrected chi connectivity index (χ4v) is 5.01. The molecule has 0 bridgehead atoms. The third-order valence-electron chi connectivity index (χ3n) is 7.03. The maximum atomic E-state index is 14.5. The zero-order valence-corrected chi connectivity index (χ0v) is 27.5. The first kappa shape index (κ1) is 34.2. The molecule has 1 N–H and O–H groups in total. The highest BCUT2D eigenvalue weighted by Crippen LogP contribution is 2.36. The number of hydrogen-bond acceptors (Lipinski definition) is 6. The Bertz CT molecular complexity index is 1260. The van der Waals surface area contributed by atoms with E-state index in [9.17, 15) is 14.0 Å². The van der Waals surface area contributed by atoms with E-state index in [0.717, 1.165) is 0 Å². The normalized spacial score (nSPS) is 13.4. The zero-order valence-electron chi connectivity index (χ0n) is 24.3. The topological polar surface area (TPSA) is 77.5 Å². The van der Waals surface area contributed by atoms with Crippen molar-refractivity contribution in [2.45, 2.75) is 72.1 Å². The number of nitrogens with zero attached hydrogens (tertiary/aromatic N) is 1. The van der Waals surface area contributed by atoms with Crippen molar-refractivity contribution in [2.24, 2.45) is 5.92 Å². The average Bonchev–Trinajstić information content (AvgIpc) is 2.85. The lowest BCUT2D eigenvalue weighted by Gasteiger charge is -2.38. The molecule has 2 rings (SSSR count). The summed E-state index contributed by atoms with van der Waals surface area (Å²) in [4.78, 5) is 30.8. The van der Waals surface area contributed by atoms with E-state index in [-0.39, 0.29) is 67.6 Å². The molecular weight excluding hydrogens is 594 g/mol. The van der Waals surface area contributed by atoms with Crippen LogP contribution in [0.3, 0.4) is 0 Å². The smallest absolute Gasteiger partial charge is 0.343 e. The Morgan fingerprint density at radius 1 is 1.18 bits per heavy atom. The van der Waals surface area contributed by atoms with Gasteiger partial charge in [0.05, 0.1) is 23.3 Å². The van der Waals surface area contributed by atoms with E-state index < -0.39 is 25.9 Å². The van der Waals surface area contributed by atoms with E-state index in [4.69, 9.17) is 44.0 Å². The highest BCUT2D eigenvalue weighted by atomic mass is 35.5. The molecule has 1 aromatic carbocycles. The Hall–Kier alpha value is -1.97. The number of aromatic nitrogens is 1. The summed E-state index contributed by atoms with van der Waals surface area (Å²) in [5.41, 5.74) is 0.224. The van der Waals surface area contributed by atoms with E-state index in [0.29, 0.717) is 6.61 Å². The number of carbonyl (C=O) groups excluding carboxylic acids is 2.